The van der Waals surface area contributed by atoms with Crippen LogP contribution in [0.3, 0.4) is 0 Å². The van der Waals surface area contributed by atoms with Gasteiger partial charge in [-0.2, -0.15) is 5.10 Å². The van der Waals surface area contributed by atoms with Crippen LogP contribution in [0, 0.1) is 0 Å². The molecular weight excluding hydrogens is 328 g/mol. The molecule has 0 aromatic carbocycles. The minimum absolute atomic E-state index is 0.0388. The maximum Gasteiger partial charge on any atom is 0.241 e. The van der Waals surface area contributed by atoms with Crippen molar-refractivity contribution in [3.63, 3.8) is 0 Å². The summed E-state index contributed by atoms with van der Waals surface area (Å²) in [7, 11) is 1.79. The molecule has 3 rings (SSSR count). The fourth-order valence-corrected chi connectivity index (χ4v) is 3.37. The standard InChI is InChI=1S/C14H22N8OS/c1-21-14(17-19-20-21)24-8-6-16-13(23)10-22-7-4-12(18-22)11-3-2-5-15-9-11/h4,7,11,15H,2-3,5-6,8-10H2,1H3,(H,16,23). The van der Waals surface area contributed by atoms with E-state index in [4.69, 9.17) is 0 Å². The molecule has 2 aromatic heterocycles. The molecule has 1 amide bonds. The zero-order valence-corrected chi connectivity index (χ0v) is 14.5. The Balaban J connectivity index is 1.38. The van der Waals surface area contributed by atoms with Gasteiger partial charge in [0.15, 0.2) is 0 Å². The van der Waals surface area contributed by atoms with Gasteiger partial charge in [0.1, 0.15) is 6.54 Å². The monoisotopic (exact) mass is 350 g/mol. The number of amides is 1. The molecule has 0 spiro atoms. The van der Waals surface area contributed by atoms with Crippen molar-refractivity contribution in [1.82, 2.24) is 40.6 Å². The van der Waals surface area contributed by atoms with Crippen molar-refractivity contribution in [2.24, 2.45) is 7.05 Å². The molecule has 2 aromatic rings. The molecule has 0 saturated carbocycles. The number of rotatable bonds is 7. The van der Waals surface area contributed by atoms with Crippen molar-refractivity contribution >= 4 is 17.7 Å². The van der Waals surface area contributed by atoms with Gasteiger partial charge in [0.2, 0.25) is 11.1 Å². The second kappa shape index (κ2) is 8.25. The number of aromatic nitrogens is 6. The molecular formula is C14H22N8OS. The van der Waals surface area contributed by atoms with Gasteiger partial charge in [-0.15, -0.1) is 5.10 Å². The minimum Gasteiger partial charge on any atom is -0.354 e. The Morgan fingerprint density at radius 1 is 1.54 bits per heavy atom. The molecule has 3 heterocycles. The third kappa shape index (κ3) is 4.54. The first-order chi connectivity index (χ1) is 11.7. The average Bonchev–Trinajstić information content (AvgIpc) is 3.22. The van der Waals surface area contributed by atoms with Gasteiger partial charge >= 0.3 is 0 Å². The number of carbonyl (C=O) groups is 1. The smallest absolute Gasteiger partial charge is 0.241 e. The summed E-state index contributed by atoms with van der Waals surface area (Å²) in [5, 5.41) is 22.8. The van der Waals surface area contributed by atoms with Crippen LogP contribution in [0.1, 0.15) is 24.5 Å². The Morgan fingerprint density at radius 3 is 3.21 bits per heavy atom. The Hall–Kier alpha value is -1.94. The summed E-state index contributed by atoms with van der Waals surface area (Å²) in [6.45, 7) is 2.87. The number of piperidine rings is 1. The van der Waals surface area contributed by atoms with E-state index in [-0.39, 0.29) is 12.5 Å². The Morgan fingerprint density at radius 2 is 2.46 bits per heavy atom. The highest BCUT2D eigenvalue weighted by molar-refractivity contribution is 7.99. The van der Waals surface area contributed by atoms with Crippen molar-refractivity contribution in [3.05, 3.63) is 18.0 Å². The summed E-state index contributed by atoms with van der Waals surface area (Å²) >= 11 is 1.51. The van der Waals surface area contributed by atoms with Gasteiger partial charge < -0.3 is 10.6 Å². The molecule has 0 radical (unpaired) electrons. The number of hydrogen-bond donors (Lipinski definition) is 2. The van der Waals surface area contributed by atoms with E-state index in [0.29, 0.717) is 12.5 Å². The van der Waals surface area contributed by atoms with Crippen LogP contribution in [0.25, 0.3) is 0 Å². The summed E-state index contributed by atoms with van der Waals surface area (Å²) < 4.78 is 3.32. The first-order valence-electron chi connectivity index (χ1n) is 8.08. The van der Waals surface area contributed by atoms with Crippen LogP contribution in [0.15, 0.2) is 17.4 Å². The number of tetrazole rings is 1. The molecule has 130 valence electrons. The third-order valence-electron chi connectivity index (χ3n) is 3.92. The lowest BCUT2D eigenvalue weighted by Gasteiger charge is -2.20. The molecule has 1 saturated heterocycles. The summed E-state index contributed by atoms with van der Waals surface area (Å²) in [6.07, 6.45) is 4.21. The number of nitrogens with one attached hydrogen (secondary N) is 2. The zero-order valence-electron chi connectivity index (χ0n) is 13.7. The maximum atomic E-state index is 12.0. The summed E-state index contributed by atoms with van der Waals surface area (Å²) in [5.41, 5.74) is 1.07. The normalized spacial score (nSPS) is 17.8. The first kappa shape index (κ1) is 16.9. The molecule has 1 aliphatic heterocycles. The van der Waals surface area contributed by atoms with Crippen LogP contribution in [0.2, 0.25) is 0 Å². The molecule has 1 aliphatic rings. The third-order valence-corrected chi connectivity index (χ3v) is 4.93. The molecule has 9 nitrogen and oxygen atoms in total. The van der Waals surface area contributed by atoms with E-state index in [1.54, 1.807) is 16.4 Å². The first-order valence-corrected chi connectivity index (χ1v) is 9.07. The fraction of sp³-hybridized carbons (Fsp3) is 0.643. The predicted molar refractivity (Wildman–Crippen MR) is 89.6 cm³/mol. The second-order valence-electron chi connectivity index (χ2n) is 5.76. The zero-order chi connectivity index (χ0) is 16.8. The van der Waals surface area contributed by atoms with E-state index in [0.717, 1.165) is 36.1 Å². The lowest BCUT2D eigenvalue weighted by Crippen LogP contribution is -2.30. The number of thioether (sulfide) groups is 1. The molecule has 1 fully saturated rings. The summed E-state index contributed by atoms with van der Waals surface area (Å²) in [6, 6.07) is 2.02. The summed E-state index contributed by atoms with van der Waals surface area (Å²) in [5.74, 6) is 1.14. The molecule has 0 bridgehead atoms. The van der Waals surface area contributed by atoms with Crippen LogP contribution >= 0.6 is 11.8 Å². The van der Waals surface area contributed by atoms with Crippen LogP contribution in [-0.2, 0) is 18.4 Å². The van der Waals surface area contributed by atoms with Gasteiger partial charge in [0, 0.05) is 38.0 Å². The van der Waals surface area contributed by atoms with Gasteiger partial charge in [-0.1, -0.05) is 11.8 Å². The topological polar surface area (TPSA) is 103 Å². The average molecular weight is 350 g/mol. The largest absolute Gasteiger partial charge is 0.354 e. The van der Waals surface area contributed by atoms with Gasteiger partial charge in [-0.25, -0.2) is 4.68 Å². The van der Waals surface area contributed by atoms with E-state index in [2.05, 4.69) is 31.3 Å². The van der Waals surface area contributed by atoms with Crippen LogP contribution < -0.4 is 10.6 Å². The Bertz CT molecular complexity index is 663. The number of aryl methyl sites for hydroxylation is 1. The van der Waals surface area contributed by atoms with Gasteiger partial charge in [-0.05, 0) is 35.9 Å². The fourth-order valence-electron chi connectivity index (χ4n) is 2.67. The second-order valence-corrected chi connectivity index (χ2v) is 6.83. The minimum atomic E-state index is -0.0388. The predicted octanol–water partition coefficient (Wildman–Crippen LogP) is -0.218. The van der Waals surface area contributed by atoms with Crippen molar-refractivity contribution in [1.29, 1.82) is 0 Å². The van der Waals surface area contributed by atoms with E-state index in [9.17, 15) is 4.79 Å². The van der Waals surface area contributed by atoms with E-state index < -0.39 is 0 Å². The van der Waals surface area contributed by atoms with E-state index in [1.165, 1.54) is 18.2 Å². The lowest BCUT2D eigenvalue weighted by atomic mass is 9.97. The summed E-state index contributed by atoms with van der Waals surface area (Å²) in [4.78, 5) is 12.0. The molecule has 2 N–H and O–H groups in total. The van der Waals surface area contributed by atoms with Crippen molar-refractivity contribution in [2.75, 3.05) is 25.4 Å². The molecule has 1 atom stereocenters. The molecule has 24 heavy (non-hydrogen) atoms. The van der Waals surface area contributed by atoms with Crippen LogP contribution in [0.4, 0.5) is 0 Å². The van der Waals surface area contributed by atoms with Crippen LogP contribution in [0.5, 0.6) is 0 Å². The number of nitrogens with zero attached hydrogens (tertiary/aromatic N) is 6. The molecule has 0 aliphatic carbocycles. The van der Waals surface area contributed by atoms with Crippen molar-refractivity contribution in [2.45, 2.75) is 30.5 Å². The Labute approximate surface area is 144 Å². The lowest BCUT2D eigenvalue weighted by molar-refractivity contribution is -0.121. The van der Waals surface area contributed by atoms with Gasteiger partial charge in [0.25, 0.3) is 0 Å². The van der Waals surface area contributed by atoms with Gasteiger partial charge in [-0.3, -0.25) is 9.48 Å². The SMILES string of the molecule is Cn1nnnc1SCCNC(=O)Cn1ccc(C2CCCNC2)n1. The highest BCUT2D eigenvalue weighted by atomic mass is 32.2. The molecule has 10 heteroatoms. The van der Waals surface area contributed by atoms with Crippen molar-refractivity contribution in [3.8, 4) is 0 Å². The highest BCUT2D eigenvalue weighted by Crippen LogP contribution is 2.21. The van der Waals surface area contributed by atoms with E-state index in [1.807, 2.05) is 12.3 Å². The number of carbonyl (C=O) groups excluding carboxylic acids is 1. The number of hydrogen-bond acceptors (Lipinski definition) is 7. The van der Waals surface area contributed by atoms with Crippen LogP contribution in [-0.4, -0.2) is 61.3 Å². The maximum absolute atomic E-state index is 12.0. The van der Waals surface area contributed by atoms with Gasteiger partial charge in [0.05, 0.1) is 5.69 Å². The Kier molecular flexibility index (Phi) is 5.81. The van der Waals surface area contributed by atoms with E-state index >= 15 is 0 Å². The van der Waals surface area contributed by atoms with Crippen molar-refractivity contribution < 1.29 is 4.79 Å². The molecule has 1 unspecified atom stereocenters. The highest BCUT2D eigenvalue weighted by Gasteiger charge is 2.17. The quantitative estimate of drug-likeness (QED) is 0.526.